The van der Waals surface area contributed by atoms with Gasteiger partial charge >= 0.3 is 5.97 Å². The van der Waals surface area contributed by atoms with Gasteiger partial charge in [0.05, 0.1) is 0 Å². The first-order valence-electron chi connectivity index (χ1n) is 9.28. The van der Waals surface area contributed by atoms with Gasteiger partial charge in [0, 0.05) is 17.7 Å². The minimum atomic E-state index is -1.98. The lowest BCUT2D eigenvalue weighted by molar-refractivity contribution is -0.148. The molecular formula is C22H31NO3Si. The lowest BCUT2D eigenvalue weighted by atomic mass is 10.1. The number of rotatable bonds is 4. The molecule has 5 heteroatoms. The molecule has 0 atom stereocenters. The zero-order valence-electron chi connectivity index (χ0n) is 17.7. The Labute approximate surface area is 163 Å². The van der Waals surface area contributed by atoms with Crippen LogP contribution in [0.5, 0.6) is 5.75 Å². The van der Waals surface area contributed by atoms with Gasteiger partial charge in [0.1, 0.15) is 16.9 Å². The number of carbonyl (C=O) groups excluding carboxylic acids is 1. The van der Waals surface area contributed by atoms with Gasteiger partial charge in [0.2, 0.25) is 0 Å². The SMILES string of the molecule is CC(C)(C)OC(=O)C=Cc1ccc(O[Si](C)(C)C(C)(C)C)c2ncccc12. The maximum atomic E-state index is 12.0. The Hall–Kier alpha value is -2.14. The molecule has 4 nitrogen and oxygen atoms in total. The van der Waals surface area contributed by atoms with Crippen LogP contribution in [0.15, 0.2) is 36.5 Å². The molecular weight excluding hydrogens is 354 g/mol. The quantitative estimate of drug-likeness (QED) is 0.369. The highest BCUT2D eigenvalue weighted by Crippen LogP contribution is 2.39. The van der Waals surface area contributed by atoms with Gasteiger partial charge in [0.15, 0.2) is 0 Å². The van der Waals surface area contributed by atoms with E-state index in [1.54, 1.807) is 12.3 Å². The predicted octanol–water partition coefficient (Wildman–Crippen LogP) is 5.97. The highest BCUT2D eigenvalue weighted by atomic mass is 28.4. The summed E-state index contributed by atoms with van der Waals surface area (Å²) in [5.41, 5.74) is 1.21. The summed E-state index contributed by atoms with van der Waals surface area (Å²) in [4.78, 5) is 16.5. The average molecular weight is 386 g/mol. The molecule has 0 saturated heterocycles. The summed E-state index contributed by atoms with van der Waals surface area (Å²) in [6.07, 6.45) is 5.00. The van der Waals surface area contributed by atoms with Crippen LogP contribution in [0.1, 0.15) is 47.1 Å². The molecule has 0 spiro atoms. The Morgan fingerprint density at radius 1 is 1.07 bits per heavy atom. The first-order chi connectivity index (χ1) is 12.3. The molecule has 0 N–H and O–H groups in total. The van der Waals surface area contributed by atoms with Gasteiger partial charge in [-0.05, 0) is 62.7 Å². The number of carbonyl (C=O) groups is 1. The smallest absolute Gasteiger partial charge is 0.331 e. The van der Waals surface area contributed by atoms with E-state index in [2.05, 4.69) is 38.8 Å². The summed E-state index contributed by atoms with van der Waals surface area (Å²) in [7, 11) is -1.98. The molecule has 2 rings (SSSR count). The average Bonchev–Trinajstić information content (AvgIpc) is 2.51. The summed E-state index contributed by atoms with van der Waals surface area (Å²) >= 11 is 0. The second kappa shape index (κ2) is 7.47. The third-order valence-corrected chi connectivity index (χ3v) is 9.09. The number of pyridine rings is 1. The van der Waals surface area contributed by atoms with E-state index >= 15 is 0 Å². The number of hydrogen-bond acceptors (Lipinski definition) is 4. The van der Waals surface area contributed by atoms with Crippen LogP contribution in [0.3, 0.4) is 0 Å². The topological polar surface area (TPSA) is 48.4 Å². The standard InChI is InChI=1S/C22H31NO3Si/c1-21(2,3)25-19(24)14-12-16-11-13-18(20-17(16)10-9-15-23-20)26-27(7,8)22(4,5)6/h9-15H,1-8H3. The zero-order chi connectivity index (χ0) is 20.5. The van der Waals surface area contributed by atoms with Gasteiger partial charge in [-0.2, -0.15) is 0 Å². The van der Waals surface area contributed by atoms with E-state index < -0.39 is 13.9 Å². The predicted molar refractivity (Wildman–Crippen MR) is 114 cm³/mol. The Bertz CT molecular complexity index is 858. The van der Waals surface area contributed by atoms with Gasteiger partial charge in [-0.1, -0.05) is 32.9 Å². The molecule has 2 aromatic rings. The van der Waals surface area contributed by atoms with Crippen LogP contribution in [-0.2, 0) is 9.53 Å². The maximum Gasteiger partial charge on any atom is 0.331 e. The van der Waals surface area contributed by atoms with E-state index in [1.165, 1.54) is 6.08 Å². The normalized spacial score (nSPS) is 13.2. The molecule has 0 bridgehead atoms. The number of aromatic nitrogens is 1. The van der Waals surface area contributed by atoms with Crippen molar-refractivity contribution in [3.05, 3.63) is 42.1 Å². The lowest BCUT2D eigenvalue weighted by Gasteiger charge is -2.36. The van der Waals surface area contributed by atoms with Crippen molar-refractivity contribution in [3.63, 3.8) is 0 Å². The van der Waals surface area contributed by atoms with Crippen LogP contribution < -0.4 is 4.43 Å². The Kier molecular flexibility index (Phi) is 5.85. The van der Waals surface area contributed by atoms with E-state index in [4.69, 9.17) is 9.16 Å². The van der Waals surface area contributed by atoms with E-state index in [9.17, 15) is 4.79 Å². The highest BCUT2D eigenvalue weighted by molar-refractivity contribution is 6.74. The molecule has 0 aliphatic carbocycles. The first kappa shape index (κ1) is 21.2. The van der Waals surface area contributed by atoms with Crippen molar-refractivity contribution in [2.24, 2.45) is 0 Å². The summed E-state index contributed by atoms with van der Waals surface area (Å²) in [6.45, 7) is 16.6. The van der Waals surface area contributed by atoms with E-state index in [-0.39, 0.29) is 11.0 Å². The lowest BCUT2D eigenvalue weighted by Crippen LogP contribution is -2.43. The van der Waals surface area contributed by atoms with E-state index in [0.717, 1.165) is 22.2 Å². The van der Waals surface area contributed by atoms with Crippen molar-refractivity contribution < 1.29 is 14.0 Å². The minimum absolute atomic E-state index is 0.101. The number of nitrogens with zero attached hydrogens (tertiary/aromatic N) is 1. The summed E-state index contributed by atoms with van der Waals surface area (Å²) < 4.78 is 11.8. The highest BCUT2D eigenvalue weighted by Gasteiger charge is 2.39. The molecule has 1 aromatic carbocycles. The Balaban J connectivity index is 2.39. The van der Waals surface area contributed by atoms with Crippen LogP contribution in [0.25, 0.3) is 17.0 Å². The van der Waals surface area contributed by atoms with Gasteiger partial charge in [0.25, 0.3) is 8.32 Å². The van der Waals surface area contributed by atoms with Gasteiger partial charge in [-0.25, -0.2) is 4.79 Å². The fourth-order valence-corrected chi connectivity index (χ4v) is 3.34. The molecule has 0 radical (unpaired) electrons. The Morgan fingerprint density at radius 3 is 2.33 bits per heavy atom. The number of esters is 1. The van der Waals surface area contributed by atoms with Crippen molar-refractivity contribution in [1.82, 2.24) is 4.98 Å². The molecule has 146 valence electrons. The van der Waals surface area contributed by atoms with Crippen molar-refractivity contribution >= 4 is 31.3 Å². The third kappa shape index (κ3) is 5.42. The third-order valence-electron chi connectivity index (χ3n) is 4.74. The van der Waals surface area contributed by atoms with Crippen molar-refractivity contribution in [2.45, 2.75) is 65.3 Å². The number of hydrogen-bond donors (Lipinski definition) is 0. The molecule has 0 fully saturated rings. The molecule has 27 heavy (non-hydrogen) atoms. The first-order valence-corrected chi connectivity index (χ1v) is 12.2. The number of fused-ring (bicyclic) bond motifs is 1. The van der Waals surface area contributed by atoms with Crippen molar-refractivity contribution in [1.29, 1.82) is 0 Å². The fourth-order valence-electron chi connectivity index (χ4n) is 2.32. The molecule has 0 aliphatic heterocycles. The maximum absolute atomic E-state index is 12.0. The molecule has 0 saturated carbocycles. The van der Waals surface area contributed by atoms with Gasteiger partial charge in [-0.15, -0.1) is 0 Å². The summed E-state index contributed by atoms with van der Waals surface area (Å²) in [6, 6.07) is 7.80. The fraction of sp³-hybridized carbons (Fsp3) is 0.455. The molecule has 1 heterocycles. The summed E-state index contributed by atoms with van der Waals surface area (Å²) in [5.74, 6) is 0.438. The van der Waals surface area contributed by atoms with Crippen molar-refractivity contribution in [3.8, 4) is 5.75 Å². The van der Waals surface area contributed by atoms with Crippen LogP contribution >= 0.6 is 0 Å². The molecule has 1 aromatic heterocycles. The van der Waals surface area contributed by atoms with Crippen LogP contribution in [0, 0.1) is 0 Å². The van der Waals surface area contributed by atoms with Gasteiger partial charge < -0.3 is 9.16 Å². The molecule has 0 unspecified atom stereocenters. The second-order valence-electron chi connectivity index (χ2n) is 9.28. The Morgan fingerprint density at radius 2 is 1.74 bits per heavy atom. The van der Waals surface area contributed by atoms with Crippen LogP contribution in [0.2, 0.25) is 18.1 Å². The van der Waals surface area contributed by atoms with E-state index in [1.807, 2.05) is 45.0 Å². The second-order valence-corrected chi connectivity index (χ2v) is 14.0. The monoisotopic (exact) mass is 385 g/mol. The minimum Gasteiger partial charge on any atom is -0.542 e. The van der Waals surface area contributed by atoms with Crippen molar-refractivity contribution in [2.75, 3.05) is 0 Å². The number of ether oxygens (including phenoxy) is 1. The molecule has 0 aliphatic rings. The van der Waals surface area contributed by atoms with Crippen LogP contribution in [-0.4, -0.2) is 24.9 Å². The van der Waals surface area contributed by atoms with E-state index in [0.29, 0.717) is 0 Å². The van der Waals surface area contributed by atoms with Crippen LogP contribution in [0.4, 0.5) is 0 Å². The number of benzene rings is 1. The van der Waals surface area contributed by atoms with Gasteiger partial charge in [-0.3, -0.25) is 4.98 Å². The summed E-state index contributed by atoms with van der Waals surface area (Å²) in [5, 5.41) is 1.05. The zero-order valence-corrected chi connectivity index (χ0v) is 18.7. The largest absolute Gasteiger partial charge is 0.542 e. The molecule has 0 amide bonds.